The van der Waals surface area contributed by atoms with Crippen LogP contribution in [-0.4, -0.2) is 65.4 Å². The van der Waals surface area contributed by atoms with E-state index in [0.29, 0.717) is 22.7 Å². The number of amides is 3. The molecule has 1 aliphatic rings. The quantitative estimate of drug-likeness (QED) is 0.146. The van der Waals surface area contributed by atoms with Gasteiger partial charge in [-0.1, -0.05) is 42.2 Å². The zero-order chi connectivity index (χ0) is 30.0. The molecule has 1 aliphatic heterocycles. The van der Waals surface area contributed by atoms with E-state index in [1.165, 1.54) is 18.7 Å². The number of carbonyl (C=O) groups excluding carboxylic acids is 2. The monoisotopic (exact) mass is 578 g/mol. The molecule has 218 valence electrons. The number of nitrogens with zero attached hydrogens (tertiary/aromatic N) is 3. The number of anilines is 2. The lowest BCUT2D eigenvalue weighted by molar-refractivity contribution is 0.0342. The van der Waals surface area contributed by atoms with Gasteiger partial charge in [-0.25, -0.2) is 20.2 Å². The maximum atomic E-state index is 12.6. The van der Waals surface area contributed by atoms with Crippen molar-refractivity contribution in [2.45, 2.75) is 6.54 Å². The Bertz CT molecular complexity index is 1640. The predicted octanol–water partition coefficient (Wildman–Crippen LogP) is 4.15. The Hall–Kier alpha value is -5.28. The Morgan fingerprint density at radius 3 is 2.30 bits per heavy atom. The maximum absolute atomic E-state index is 12.6. The second kappa shape index (κ2) is 14.1. The van der Waals surface area contributed by atoms with Crippen molar-refractivity contribution < 1.29 is 24.3 Å². The Labute approximate surface area is 248 Å². The van der Waals surface area contributed by atoms with E-state index in [0.717, 1.165) is 44.0 Å². The third kappa shape index (κ3) is 8.15. The second-order valence-corrected chi connectivity index (χ2v) is 9.63. The minimum absolute atomic E-state index is 0.127. The van der Waals surface area contributed by atoms with Gasteiger partial charge in [0.25, 0.3) is 5.91 Å². The van der Waals surface area contributed by atoms with E-state index in [9.17, 15) is 9.59 Å². The van der Waals surface area contributed by atoms with Gasteiger partial charge in [0.15, 0.2) is 0 Å². The predicted molar refractivity (Wildman–Crippen MR) is 161 cm³/mol. The number of urea groups is 1. The van der Waals surface area contributed by atoms with Gasteiger partial charge in [0.2, 0.25) is 5.95 Å². The van der Waals surface area contributed by atoms with Crippen LogP contribution >= 0.6 is 0 Å². The summed E-state index contributed by atoms with van der Waals surface area (Å²) in [4.78, 5) is 35.6. The summed E-state index contributed by atoms with van der Waals surface area (Å²) in [6.45, 7) is 4.34. The number of carbonyl (C=O) groups is 2. The molecule has 1 fully saturated rings. The van der Waals surface area contributed by atoms with Gasteiger partial charge in [-0.05, 0) is 48.0 Å². The minimum atomic E-state index is -0.849. The highest BCUT2D eigenvalue weighted by Gasteiger charge is 2.15. The van der Waals surface area contributed by atoms with Crippen molar-refractivity contribution in [3.8, 4) is 28.8 Å². The fraction of sp³-hybridized carbons (Fsp3) is 0.188. The van der Waals surface area contributed by atoms with Crippen molar-refractivity contribution in [2.24, 2.45) is 0 Å². The summed E-state index contributed by atoms with van der Waals surface area (Å²) in [5.41, 5.74) is 5.87. The number of methoxy groups -OCH3 is 1. The van der Waals surface area contributed by atoms with Crippen molar-refractivity contribution in [3.63, 3.8) is 0 Å². The van der Waals surface area contributed by atoms with E-state index in [-0.39, 0.29) is 11.6 Å². The van der Waals surface area contributed by atoms with Crippen LogP contribution in [0.3, 0.4) is 0 Å². The Kier molecular flexibility index (Phi) is 9.56. The zero-order valence-corrected chi connectivity index (χ0v) is 23.5. The molecule has 2 heterocycles. The molecule has 43 heavy (non-hydrogen) atoms. The van der Waals surface area contributed by atoms with Crippen LogP contribution in [0.1, 0.15) is 27.2 Å². The SMILES string of the molecule is COc1cccc(NC(=O)Nc2nc(C(=O)NO)cc(-c3ccc(C#Cc4ccc(CN5CCOCC5)cc4)cc3)n2)c1. The van der Waals surface area contributed by atoms with Gasteiger partial charge in [-0.2, -0.15) is 0 Å². The number of ether oxygens (including phenoxy) is 2. The van der Waals surface area contributed by atoms with E-state index < -0.39 is 11.9 Å². The van der Waals surface area contributed by atoms with Gasteiger partial charge in [0, 0.05) is 48.1 Å². The van der Waals surface area contributed by atoms with Crippen LogP contribution in [0.15, 0.2) is 78.9 Å². The number of benzene rings is 3. The number of hydroxylamine groups is 1. The Morgan fingerprint density at radius 2 is 1.63 bits per heavy atom. The first-order chi connectivity index (χ1) is 21.0. The molecule has 4 aromatic rings. The number of nitrogens with one attached hydrogen (secondary N) is 3. The van der Waals surface area contributed by atoms with Crippen LogP contribution in [0.25, 0.3) is 11.3 Å². The van der Waals surface area contributed by atoms with E-state index in [4.69, 9.17) is 14.7 Å². The molecule has 4 N–H and O–H groups in total. The lowest BCUT2D eigenvalue weighted by Gasteiger charge is -2.26. The first-order valence-corrected chi connectivity index (χ1v) is 13.6. The minimum Gasteiger partial charge on any atom is -0.497 e. The van der Waals surface area contributed by atoms with Gasteiger partial charge < -0.3 is 14.8 Å². The molecule has 3 aromatic carbocycles. The molecule has 0 aliphatic carbocycles. The van der Waals surface area contributed by atoms with Gasteiger partial charge in [0.05, 0.1) is 26.0 Å². The molecule has 1 saturated heterocycles. The molecule has 1 aromatic heterocycles. The lowest BCUT2D eigenvalue weighted by atomic mass is 10.1. The molecule has 5 rings (SSSR count). The summed E-state index contributed by atoms with van der Waals surface area (Å²) in [6, 6.07) is 23.1. The average molecular weight is 579 g/mol. The highest BCUT2D eigenvalue weighted by molar-refractivity contribution is 5.99. The van der Waals surface area contributed by atoms with Crippen molar-refractivity contribution in [3.05, 3.63) is 101 Å². The summed E-state index contributed by atoms with van der Waals surface area (Å²) in [5, 5.41) is 14.3. The number of morpholine rings is 1. The van der Waals surface area contributed by atoms with Crippen LogP contribution in [0.4, 0.5) is 16.4 Å². The van der Waals surface area contributed by atoms with E-state index in [1.54, 1.807) is 41.9 Å². The summed E-state index contributed by atoms with van der Waals surface area (Å²) in [7, 11) is 1.53. The first-order valence-electron chi connectivity index (χ1n) is 13.6. The van der Waals surface area contributed by atoms with Crippen LogP contribution in [0.5, 0.6) is 5.75 Å². The Morgan fingerprint density at radius 1 is 0.930 bits per heavy atom. The lowest BCUT2D eigenvalue weighted by Crippen LogP contribution is -2.35. The fourth-order valence-corrected chi connectivity index (χ4v) is 4.37. The molecular weight excluding hydrogens is 548 g/mol. The maximum Gasteiger partial charge on any atom is 0.326 e. The Balaban J connectivity index is 1.28. The van der Waals surface area contributed by atoms with Crippen molar-refractivity contribution in [2.75, 3.05) is 44.0 Å². The largest absolute Gasteiger partial charge is 0.497 e. The summed E-state index contributed by atoms with van der Waals surface area (Å²) in [5.74, 6) is 5.95. The van der Waals surface area contributed by atoms with Gasteiger partial charge in [-0.15, -0.1) is 0 Å². The van der Waals surface area contributed by atoms with Crippen molar-refractivity contribution in [1.82, 2.24) is 20.3 Å². The zero-order valence-electron chi connectivity index (χ0n) is 23.5. The van der Waals surface area contributed by atoms with Crippen LogP contribution in [0.2, 0.25) is 0 Å². The third-order valence-electron chi connectivity index (χ3n) is 6.61. The molecule has 11 nitrogen and oxygen atoms in total. The molecule has 0 radical (unpaired) electrons. The molecule has 0 saturated carbocycles. The average Bonchev–Trinajstić information content (AvgIpc) is 3.04. The number of rotatable bonds is 7. The van der Waals surface area contributed by atoms with Crippen molar-refractivity contribution in [1.29, 1.82) is 0 Å². The molecule has 11 heteroatoms. The standard InChI is InChI=1S/C32H30N6O5/c1-42-27-4-2-3-26(19-27)33-32(40)36-31-34-28(20-29(35-31)30(39)37-41)25-13-11-23(12-14-25)6-5-22-7-9-24(10-8-22)21-38-15-17-43-18-16-38/h2-4,7-14,19-20,41H,15-18,21H2,1H3,(H,37,39)(H2,33,34,35,36,40). The highest BCUT2D eigenvalue weighted by Crippen LogP contribution is 2.21. The van der Waals surface area contributed by atoms with Gasteiger partial charge >= 0.3 is 6.03 Å². The topological polar surface area (TPSA) is 138 Å². The number of aromatic nitrogens is 2. The van der Waals surface area contributed by atoms with Gasteiger partial charge in [-0.3, -0.25) is 20.2 Å². The fourth-order valence-electron chi connectivity index (χ4n) is 4.37. The molecule has 0 spiro atoms. The molecule has 0 unspecified atom stereocenters. The normalized spacial score (nSPS) is 12.9. The molecule has 0 atom stereocenters. The van der Waals surface area contributed by atoms with E-state index in [1.807, 2.05) is 24.3 Å². The molecular formula is C32H30N6O5. The summed E-state index contributed by atoms with van der Waals surface area (Å²) in [6.07, 6.45) is 0. The van der Waals surface area contributed by atoms with Gasteiger partial charge in [0.1, 0.15) is 11.4 Å². The molecule has 3 amide bonds. The third-order valence-corrected chi connectivity index (χ3v) is 6.61. The second-order valence-electron chi connectivity index (χ2n) is 9.63. The smallest absolute Gasteiger partial charge is 0.326 e. The van der Waals surface area contributed by atoms with Crippen LogP contribution in [-0.2, 0) is 11.3 Å². The number of hydrogen-bond acceptors (Lipinski definition) is 8. The van der Waals surface area contributed by atoms with Crippen molar-refractivity contribution >= 4 is 23.6 Å². The summed E-state index contributed by atoms with van der Waals surface area (Å²) >= 11 is 0. The van der Waals surface area contributed by atoms with Crippen LogP contribution in [0, 0.1) is 11.8 Å². The van der Waals surface area contributed by atoms with E-state index >= 15 is 0 Å². The van der Waals surface area contributed by atoms with Crippen LogP contribution < -0.4 is 20.9 Å². The number of hydrogen-bond donors (Lipinski definition) is 4. The first kappa shape index (κ1) is 29.2. The highest BCUT2D eigenvalue weighted by atomic mass is 16.5. The summed E-state index contributed by atoms with van der Waals surface area (Å²) < 4.78 is 10.6. The van der Waals surface area contributed by atoms with E-state index in [2.05, 4.69) is 49.5 Å². The molecule has 0 bridgehead atoms.